The number of benzene rings is 1. The first-order valence-electron chi connectivity index (χ1n) is 5.96. The van der Waals surface area contributed by atoms with E-state index in [1.54, 1.807) is 17.4 Å². The third-order valence-corrected chi connectivity index (χ3v) is 3.82. The zero-order chi connectivity index (χ0) is 13.4. The van der Waals surface area contributed by atoms with Crippen LogP contribution in [0.2, 0.25) is 0 Å². The van der Waals surface area contributed by atoms with Crippen LogP contribution in [0.5, 0.6) is 0 Å². The number of anilines is 1. The van der Waals surface area contributed by atoms with Gasteiger partial charge in [-0.25, -0.2) is 14.4 Å². The maximum atomic E-state index is 13.3. The van der Waals surface area contributed by atoms with Crippen LogP contribution in [0.4, 0.5) is 10.3 Å². The highest BCUT2D eigenvalue weighted by Crippen LogP contribution is 2.20. The van der Waals surface area contributed by atoms with E-state index in [9.17, 15) is 4.39 Å². The van der Waals surface area contributed by atoms with Crippen LogP contribution in [0.1, 0.15) is 10.7 Å². The SMILES string of the molecule is Cc1nc(CCn2c(N)nc3ccc(F)cc32)cs1. The molecule has 6 heteroatoms. The minimum absolute atomic E-state index is 0.279. The lowest BCUT2D eigenvalue weighted by Gasteiger charge is -2.04. The van der Waals surface area contributed by atoms with Crippen molar-refractivity contribution in [1.29, 1.82) is 0 Å². The highest BCUT2D eigenvalue weighted by molar-refractivity contribution is 7.09. The van der Waals surface area contributed by atoms with Crippen LogP contribution in [-0.4, -0.2) is 14.5 Å². The van der Waals surface area contributed by atoms with E-state index in [2.05, 4.69) is 9.97 Å². The maximum absolute atomic E-state index is 13.3. The number of halogens is 1. The molecule has 0 saturated carbocycles. The Hall–Kier alpha value is -1.95. The Morgan fingerprint density at radius 1 is 1.37 bits per heavy atom. The zero-order valence-electron chi connectivity index (χ0n) is 10.4. The fourth-order valence-corrected chi connectivity index (χ4v) is 2.75. The normalized spacial score (nSPS) is 11.3. The Bertz CT molecular complexity index is 731. The van der Waals surface area contributed by atoms with E-state index in [0.29, 0.717) is 18.0 Å². The van der Waals surface area contributed by atoms with Crippen molar-refractivity contribution in [1.82, 2.24) is 14.5 Å². The van der Waals surface area contributed by atoms with Gasteiger partial charge in [-0.2, -0.15) is 0 Å². The Balaban J connectivity index is 1.91. The fourth-order valence-electron chi connectivity index (χ4n) is 2.10. The highest BCUT2D eigenvalue weighted by Gasteiger charge is 2.09. The number of aromatic nitrogens is 3. The van der Waals surface area contributed by atoms with Crippen LogP contribution in [-0.2, 0) is 13.0 Å². The predicted molar refractivity (Wildman–Crippen MR) is 74.7 cm³/mol. The third kappa shape index (κ3) is 2.31. The topological polar surface area (TPSA) is 56.7 Å². The summed E-state index contributed by atoms with van der Waals surface area (Å²) in [7, 11) is 0. The van der Waals surface area contributed by atoms with E-state index < -0.39 is 0 Å². The van der Waals surface area contributed by atoms with Gasteiger partial charge in [0.25, 0.3) is 0 Å². The molecule has 0 atom stereocenters. The smallest absolute Gasteiger partial charge is 0.201 e. The molecule has 2 N–H and O–H groups in total. The number of hydrogen-bond acceptors (Lipinski definition) is 4. The molecule has 2 heterocycles. The van der Waals surface area contributed by atoms with Crippen molar-refractivity contribution in [2.45, 2.75) is 19.9 Å². The minimum Gasteiger partial charge on any atom is -0.369 e. The van der Waals surface area contributed by atoms with E-state index in [1.807, 2.05) is 16.9 Å². The second kappa shape index (κ2) is 4.62. The van der Waals surface area contributed by atoms with Crippen molar-refractivity contribution in [3.63, 3.8) is 0 Å². The molecule has 0 unspecified atom stereocenters. The van der Waals surface area contributed by atoms with Crippen LogP contribution >= 0.6 is 11.3 Å². The molecule has 0 saturated heterocycles. The summed E-state index contributed by atoms with van der Waals surface area (Å²) in [6.07, 6.45) is 0.760. The minimum atomic E-state index is -0.279. The summed E-state index contributed by atoms with van der Waals surface area (Å²) in [6, 6.07) is 4.50. The summed E-state index contributed by atoms with van der Waals surface area (Å²) >= 11 is 1.62. The van der Waals surface area contributed by atoms with E-state index >= 15 is 0 Å². The van der Waals surface area contributed by atoms with Crippen molar-refractivity contribution < 1.29 is 4.39 Å². The number of hydrogen-bond donors (Lipinski definition) is 1. The first kappa shape index (κ1) is 12.1. The molecule has 19 heavy (non-hydrogen) atoms. The van der Waals surface area contributed by atoms with Gasteiger partial charge in [0.1, 0.15) is 5.82 Å². The number of thiazole rings is 1. The lowest BCUT2D eigenvalue weighted by Crippen LogP contribution is -2.06. The van der Waals surface area contributed by atoms with Gasteiger partial charge >= 0.3 is 0 Å². The summed E-state index contributed by atoms with van der Waals surface area (Å²) < 4.78 is 15.1. The van der Waals surface area contributed by atoms with Crippen LogP contribution in [0, 0.1) is 12.7 Å². The molecule has 1 aromatic carbocycles. The Labute approximate surface area is 113 Å². The van der Waals surface area contributed by atoms with Crippen LogP contribution in [0.25, 0.3) is 11.0 Å². The van der Waals surface area contributed by atoms with Gasteiger partial charge in [-0.15, -0.1) is 11.3 Å². The van der Waals surface area contributed by atoms with E-state index in [1.165, 1.54) is 12.1 Å². The molecule has 0 aliphatic carbocycles. The predicted octanol–water partition coefficient (Wildman–Crippen LogP) is 2.77. The average Bonchev–Trinajstić information content (AvgIpc) is 2.90. The highest BCUT2D eigenvalue weighted by atomic mass is 32.1. The lowest BCUT2D eigenvalue weighted by atomic mass is 10.3. The molecular weight excluding hydrogens is 263 g/mol. The molecule has 4 nitrogen and oxygen atoms in total. The number of rotatable bonds is 3. The van der Waals surface area contributed by atoms with Gasteiger partial charge in [-0.05, 0) is 25.1 Å². The molecule has 0 spiro atoms. The van der Waals surface area contributed by atoms with Crippen LogP contribution < -0.4 is 5.73 Å². The van der Waals surface area contributed by atoms with Gasteiger partial charge in [-0.3, -0.25) is 0 Å². The van der Waals surface area contributed by atoms with Crippen molar-refractivity contribution in [2.24, 2.45) is 0 Å². The van der Waals surface area contributed by atoms with Crippen LogP contribution in [0.3, 0.4) is 0 Å². The number of fused-ring (bicyclic) bond motifs is 1. The number of nitrogen functional groups attached to an aromatic ring is 1. The van der Waals surface area contributed by atoms with Crippen molar-refractivity contribution in [3.05, 3.63) is 40.1 Å². The molecule has 3 rings (SSSR count). The maximum Gasteiger partial charge on any atom is 0.201 e. The second-order valence-electron chi connectivity index (χ2n) is 4.36. The monoisotopic (exact) mass is 276 g/mol. The first-order valence-corrected chi connectivity index (χ1v) is 6.84. The van der Waals surface area contributed by atoms with Gasteiger partial charge in [0.15, 0.2) is 0 Å². The molecule has 0 amide bonds. The van der Waals surface area contributed by atoms with Crippen LogP contribution in [0.15, 0.2) is 23.6 Å². The second-order valence-corrected chi connectivity index (χ2v) is 5.42. The van der Waals surface area contributed by atoms with Gasteiger partial charge in [-0.1, -0.05) is 0 Å². The Kier molecular flexibility index (Phi) is 2.94. The quantitative estimate of drug-likeness (QED) is 0.800. The summed E-state index contributed by atoms with van der Waals surface area (Å²) in [4.78, 5) is 8.64. The fraction of sp³-hybridized carbons (Fsp3) is 0.231. The molecule has 0 radical (unpaired) electrons. The summed E-state index contributed by atoms with van der Waals surface area (Å²) in [6.45, 7) is 2.62. The third-order valence-electron chi connectivity index (χ3n) is 3.00. The number of aryl methyl sites for hydroxylation is 3. The molecule has 3 aromatic rings. The zero-order valence-corrected chi connectivity index (χ0v) is 11.2. The molecule has 0 fully saturated rings. The van der Waals surface area contributed by atoms with E-state index in [-0.39, 0.29) is 5.82 Å². The van der Waals surface area contributed by atoms with E-state index in [0.717, 1.165) is 22.6 Å². The average molecular weight is 276 g/mol. The standard InChI is InChI=1S/C13H13FN4S/c1-8-16-10(7-19-8)4-5-18-12-6-9(14)2-3-11(12)17-13(18)15/h2-3,6-7H,4-5H2,1H3,(H2,15,17). The van der Waals surface area contributed by atoms with Gasteiger partial charge in [0.05, 0.1) is 21.7 Å². The molecule has 2 aromatic heterocycles. The van der Waals surface area contributed by atoms with Crippen molar-refractivity contribution in [2.75, 3.05) is 5.73 Å². The van der Waals surface area contributed by atoms with Gasteiger partial charge in [0.2, 0.25) is 5.95 Å². The van der Waals surface area contributed by atoms with Gasteiger partial charge in [0, 0.05) is 18.3 Å². The molecule has 0 aliphatic heterocycles. The summed E-state index contributed by atoms with van der Waals surface area (Å²) in [5.74, 6) is 0.130. The number of imidazole rings is 1. The molecule has 98 valence electrons. The Morgan fingerprint density at radius 2 is 2.21 bits per heavy atom. The molecule has 0 aliphatic rings. The number of nitrogens with two attached hydrogens (primary N) is 1. The van der Waals surface area contributed by atoms with Crippen molar-refractivity contribution in [3.8, 4) is 0 Å². The summed E-state index contributed by atoms with van der Waals surface area (Å²) in [5.41, 5.74) is 8.35. The van der Waals surface area contributed by atoms with Gasteiger partial charge < -0.3 is 10.3 Å². The van der Waals surface area contributed by atoms with Crippen molar-refractivity contribution >= 4 is 28.3 Å². The lowest BCUT2D eigenvalue weighted by molar-refractivity contribution is 0.627. The number of nitrogens with zero attached hydrogens (tertiary/aromatic N) is 3. The largest absolute Gasteiger partial charge is 0.369 e. The van der Waals surface area contributed by atoms with E-state index in [4.69, 9.17) is 5.73 Å². The summed E-state index contributed by atoms with van der Waals surface area (Å²) in [5, 5.41) is 3.08. The Morgan fingerprint density at radius 3 is 2.95 bits per heavy atom. The molecular formula is C13H13FN4S. The molecule has 0 bridgehead atoms. The first-order chi connectivity index (χ1) is 9.13.